The van der Waals surface area contributed by atoms with Gasteiger partial charge in [-0.1, -0.05) is 32.4 Å². The van der Waals surface area contributed by atoms with Crippen molar-refractivity contribution in [3.05, 3.63) is 77.0 Å². The Bertz CT molecular complexity index is 1370. The Labute approximate surface area is 228 Å². The van der Waals surface area contributed by atoms with E-state index in [1.54, 1.807) is 6.07 Å². The molecule has 2 aliphatic rings. The molecule has 0 unspecified atom stereocenters. The maximum absolute atomic E-state index is 15.6. The Morgan fingerprint density at radius 1 is 1.10 bits per heavy atom. The number of rotatable bonds is 10. The minimum atomic E-state index is -0.814. The fourth-order valence-electron chi connectivity index (χ4n) is 6.15. The number of halogens is 2. The van der Waals surface area contributed by atoms with Gasteiger partial charge >= 0.3 is 5.97 Å². The van der Waals surface area contributed by atoms with Gasteiger partial charge in [0.1, 0.15) is 24.0 Å². The lowest BCUT2D eigenvalue weighted by atomic mass is 9.75. The lowest BCUT2D eigenvalue weighted by Gasteiger charge is -2.30. The standard InChI is InChI=1S/C32H35F2NO4/c1-32(2)11-5-8-27(32)25-13-21(28(33)14-24(25)26-15-30(38-3)35-17-29(26)34)18-39-22-7-4-6-20(12-22)23(16-31(36)37)19-9-10-19/h4,6-7,12-15,17,19,23,27H,5,8-11,16,18H2,1-3H3,(H,36,37)/t23-,27+/m1/s1. The van der Waals surface area contributed by atoms with Gasteiger partial charge in [-0.3, -0.25) is 4.79 Å². The first-order valence-corrected chi connectivity index (χ1v) is 13.6. The van der Waals surface area contributed by atoms with E-state index >= 15 is 4.39 Å². The molecule has 2 aromatic carbocycles. The van der Waals surface area contributed by atoms with Crippen molar-refractivity contribution < 1.29 is 28.2 Å². The summed E-state index contributed by atoms with van der Waals surface area (Å²) in [5.41, 5.74) is 2.99. The molecule has 0 spiro atoms. The Hall–Kier alpha value is -3.48. The highest BCUT2D eigenvalue weighted by Crippen LogP contribution is 2.52. The van der Waals surface area contributed by atoms with Crippen LogP contribution < -0.4 is 9.47 Å². The molecule has 1 heterocycles. The summed E-state index contributed by atoms with van der Waals surface area (Å²) in [6.07, 6.45) is 6.28. The molecule has 0 radical (unpaired) electrons. The number of hydrogen-bond donors (Lipinski definition) is 1. The maximum Gasteiger partial charge on any atom is 0.303 e. The van der Waals surface area contributed by atoms with E-state index in [-0.39, 0.29) is 41.7 Å². The third-order valence-corrected chi connectivity index (χ3v) is 8.45. The SMILES string of the molecule is COc1cc(-c2cc(F)c(COc3cccc([C@H](CC(=O)O)C4CC4)c3)cc2[C@@H]2CCCC2(C)C)c(F)cn1. The number of ether oxygens (including phenoxy) is 2. The molecule has 2 saturated carbocycles. The molecule has 1 N–H and O–H groups in total. The van der Waals surface area contributed by atoms with Crippen molar-refractivity contribution >= 4 is 5.97 Å². The second-order valence-corrected chi connectivity index (χ2v) is 11.6. The summed E-state index contributed by atoms with van der Waals surface area (Å²) in [6.45, 7) is 4.41. The summed E-state index contributed by atoms with van der Waals surface area (Å²) in [4.78, 5) is 15.4. The monoisotopic (exact) mass is 535 g/mol. The quantitative estimate of drug-likeness (QED) is 0.286. The van der Waals surface area contributed by atoms with Crippen LogP contribution in [-0.2, 0) is 11.4 Å². The number of nitrogens with zero attached hydrogens (tertiary/aromatic N) is 1. The van der Waals surface area contributed by atoms with Crippen LogP contribution in [0.25, 0.3) is 11.1 Å². The first-order valence-electron chi connectivity index (χ1n) is 13.6. The number of carboxylic acids is 1. The summed E-state index contributed by atoms with van der Waals surface area (Å²) >= 11 is 0. The highest BCUT2D eigenvalue weighted by molar-refractivity contribution is 5.70. The van der Waals surface area contributed by atoms with Gasteiger partial charge in [-0.25, -0.2) is 13.8 Å². The lowest BCUT2D eigenvalue weighted by Crippen LogP contribution is -2.17. The van der Waals surface area contributed by atoms with Gasteiger partial charge in [0.05, 0.1) is 19.7 Å². The van der Waals surface area contributed by atoms with Crippen LogP contribution >= 0.6 is 0 Å². The molecule has 1 aromatic heterocycles. The van der Waals surface area contributed by atoms with E-state index in [1.807, 2.05) is 24.3 Å². The lowest BCUT2D eigenvalue weighted by molar-refractivity contribution is -0.137. The predicted molar refractivity (Wildman–Crippen MR) is 145 cm³/mol. The zero-order chi connectivity index (χ0) is 27.7. The first kappa shape index (κ1) is 27.1. The molecule has 206 valence electrons. The number of carboxylic acid groups (broad SMARTS) is 1. The second-order valence-electron chi connectivity index (χ2n) is 11.6. The van der Waals surface area contributed by atoms with E-state index in [0.717, 1.165) is 49.4 Å². The van der Waals surface area contributed by atoms with E-state index in [0.29, 0.717) is 22.8 Å². The van der Waals surface area contributed by atoms with Gasteiger partial charge in [0.15, 0.2) is 0 Å². The fourth-order valence-corrected chi connectivity index (χ4v) is 6.15. The highest BCUT2D eigenvalue weighted by atomic mass is 19.1. The maximum atomic E-state index is 15.6. The van der Waals surface area contributed by atoms with Crippen molar-refractivity contribution in [1.29, 1.82) is 0 Å². The average molecular weight is 536 g/mol. The van der Waals surface area contributed by atoms with Crippen molar-refractivity contribution in [3.8, 4) is 22.8 Å². The van der Waals surface area contributed by atoms with Crippen LogP contribution in [0.1, 0.15) is 80.9 Å². The van der Waals surface area contributed by atoms with Gasteiger partial charge in [0.2, 0.25) is 5.88 Å². The number of methoxy groups -OCH3 is 1. The van der Waals surface area contributed by atoms with Crippen LogP contribution in [0, 0.1) is 23.0 Å². The Morgan fingerprint density at radius 3 is 2.56 bits per heavy atom. The van der Waals surface area contributed by atoms with E-state index in [4.69, 9.17) is 9.47 Å². The van der Waals surface area contributed by atoms with Gasteiger partial charge in [-0.15, -0.1) is 0 Å². The van der Waals surface area contributed by atoms with Crippen LogP contribution in [0.4, 0.5) is 8.78 Å². The van der Waals surface area contributed by atoms with Crippen LogP contribution in [-0.4, -0.2) is 23.2 Å². The number of carbonyl (C=O) groups is 1. The van der Waals surface area contributed by atoms with Crippen LogP contribution in [0.3, 0.4) is 0 Å². The summed E-state index contributed by atoms with van der Waals surface area (Å²) < 4.78 is 41.8. The number of benzene rings is 2. The van der Waals surface area contributed by atoms with Gasteiger partial charge in [0.25, 0.3) is 0 Å². The molecular weight excluding hydrogens is 500 g/mol. The van der Waals surface area contributed by atoms with Gasteiger partial charge < -0.3 is 14.6 Å². The molecule has 0 amide bonds. The fraction of sp³-hybridized carbons (Fsp3) is 0.438. The topological polar surface area (TPSA) is 68.7 Å². The molecule has 0 bridgehead atoms. The van der Waals surface area contributed by atoms with Gasteiger partial charge in [-0.2, -0.15) is 0 Å². The molecule has 5 nitrogen and oxygen atoms in total. The second kappa shape index (κ2) is 10.9. The van der Waals surface area contributed by atoms with Crippen LogP contribution in [0.2, 0.25) is 0 Å². The number of aromatic nitrogens is 1. The normalized spacial score (nSPS) is 19.1. The molecule has 3 aromatic rings. The van der Waals surface area contributed by atoms with E-state index in [1.165, 1.54) is 19.2 Å². The summed E-state index contributed by atoms with van der Waals surface area (Å²) in [6, 6.07) is 12.2. The van der Waals surface area contributed by atoms with Crippen molar-refractivity contribution in [2.24, 2.45) is 11.3 Å². The molecule has 0 saturated heterocycles. The van der Waals surface area contributed by atoms with E-state index in [2.05, 4.69) is 18.8 Å². The Kier molecular flexibility index (Phi) is 7.61. The number of aliphatic carboxylic acids is 1. The van der Waals surface area contributed by atoms with E-state index < -0.39 is 17.6 Å². The summed E-state index contributed by atoms with van der Waals surface area (Å²) in [7, 11) is 1.47. The smallest absolute Gasteiger partial charge is 0.303 e. The highest BCUT2D eigenvalue weighted by Gasteiger charge is 2.38. The zero-order valence-electron chi connectivity index (χ0n) is 22.7. The van der Waals surface area contributed by atoms with Crippen molar-refractivity contribution in [1.82, 2.24) is 4.98 Å². The summed E-state index contributed by atoms with van der Waals surface area (Å²) in [5.74, 6) is -0.522. The molecule has 39 heavy (non-hydrogen) atoms. The first-order chi connectivity index (χ1) is 18.7. The van der Waals surface area contributed by atoms with Gasteiger partial charge in [-0.05, 0) is 89.8 Å². The van der Waals surface area contributed by atoms with E-state index in [9.17, 15) is 14.3 Å². The third-order valence-electron chi connectivity index (χ3n) is 8.45. The van der Waals surface area contributed by atoms with Crippen molar-refractivity contribution in [2.75, 3.05) is 7.11 Å². The molecule has 2 atom stereocenters. The average Bonchev–Trinajstić information content (AvgIpc) is 3.69. The molecule has 2 aliphatic carbocycles. The largest absolute Gasteiger partial charge is 0.489 e. The van der Waals surface area contributed by atoms with Crippen molar-refractivity contribution in [2.45, 2.75) is 70.8 Å². The molecule has 7 heteroatoms. The van der Waals surface area contributed by atoms with Crippen molar-refractivity contribution in [3.63, 3.8) is 0 Å². The molecule has 2 fully saturated rings. The molecular formula is C32H35F2NO4. The zero-order valence-corrected chi connectivity index (χ0v) is 22.7. The Balaban J connectivity index is 1.47. The third kappa shape index (κ3) is 5.92. The number of pyridine rings is 1. The van der Waals surface area contributed by atoms with Gasteiger partial charge in [0, 0.05) is 17.2 Å². The minimum Gasteiger partial charge on any atom is -0.489 e. The minimum absolute atomic E-state index is 0.00485. The predicted octanol–water partition coefficient (Wildman–Crippen LogP) is 7.88. The van der Waals surface area contributed by atoms with Crippen LogP contribution in [0.5, 0.6) is 11.6 Å². The summed E-state index contributed by atoms with van der Waals surface area (Å²) in [5, 5.41) is 9.37. The van der Waals surface area contributed by atoms with Crippen LogP contribution in [0.15, 0.2) is 48.7 Å². The molecule has 0 aliphatic heterocycles. The number of hydrogen-bond acceptors (Lipinski definition) is 4. The molecule has 5 rings (SSSR count). The Morgan fingerprint density at radius 2 is 1.90 bits per heavy atom.